The van der Waals surface area contributed by atoms with Crippen molar-refractivity contribution in [2.45, 2.75) is 18.9 Å². The maximum absolute atomic E-state index is 6.12. The lowest BCUT2D eigenvalue weighted by Gasteiger charge is -2.11. The Labute approximate surface area is 106 Å². The second kappa shape index (κ2) is 5.80. The minimum atomic E-state index is 0.107. The van der Waals surface area contributed by atoms with Gasteiger partial charge >= 0.3 is 0 Å². The highest BCUT2D eigenvalue weighted by Crippen LogP contribution is 2.13. The summed E-state index contributed by atoms with van der Waals surface area (Å²) in [6, 6.07) is 12.0. The van der Waals surface area contributed by atoms with E-state index >= 15 is 0 Å². The molecule has 0 amide bonds. The SMILES string of the molecule is NC(Cc1ccncc1)Cc1cccc(Cl)c1. The van der Waals surface area contributed by atoms with Crippen molar-refractivity contribution in [2.24, 2.45) is 5.73 Å². The molecule has 0 bridgehead atoms. The van der Waals surface area contributed by atoms with Gasteiger partial charge in [-0.3, -0.25) is 4.98 Å². The molecule has 88 valence electrons. The number of pyridine rings is 1. The molecule has 2 N–H and O–H groups in total. The van der Waals surface area contributed by atoms with Crippen LogP contribution in [0.5, 0.6) is 0 Å². The van der Waals surface area contributed by atoms with Crippen LogP contribution >= 0.6 is 11.6 Å². The van der Waals surface area contributed by atoms with Crippen LogP contribution in [0.25, 0.3) is 0 Å². The second-order valence-electron chi connectivity index (χ2n) is 4.15. The third-order valence-corrected chi connectivity index (χ3v) is 2.87. The van der Waals surface area contributed by atoms with Gasteiger partial charge in [0, 0.05) is 23.5 Å². The van der Waals surface area contributed by atoms with Gasteiger partial charge in [0.05, 0.1) is 0 Å². The topological polar surface area (TPSA) is 38.9 Å². The Kier molecular flexibility index (Phi) is 4.13. The molecule has 0 aliphatic rings. The number of aromatic nitrogens is 1. The van der Waals surface area contributed by atoms with Crippen molar-refractivity contribution in [3.8, 4) is 0 Å². The molecule has 0 aliphatic carbocycles. The largest absolute Gasteiger partial charge is 0.327 e. The van der Waals surface area contributed by atoms with Crippen molar-refractivity contribution in [3.05, 3.63) is 64.9 Å². The summed E-state index contributed by atoms with van der Waals surface area (Å²) < 4.78 is 0. The van der Waals surface area contributed by atoms with Crippen molar-refractivity contribution in [2.75, 3.05) is 0 Å². The summed E-state index contributed by atoms with van der Waals surface area (Å²) in [7, 11) is 0. The molecule has 1 unspecified atom stereocenters. The van der Waals surface area contributed by atoms with Crippen molar-refractivity contribution < 1.29 is 0 Å². The summed E-state index contributed by atoms with van der Waals surface area (Å²) in [5.74, 6) is 0. The first-order valence-electron chi connectivity index (χ1n) is 5.63. The van der Waals surface area contributed by atoms with Gasteiger partial charge in [-0.2, -0.15) is 0 Å². The maximum atomic E-state index is 6.12. The summed E-state index contributed by atoms with van der Waals surface area (Å²) in [5, 5.41) is 0.763. The molecule has 0 spiro atoms. The number of nitrogens with two attached hydrogens (primary N) is 1. The average molecular weight is 247 g/mol. The van der Waals surface area contributed by atoms with Crippen LogP contribution in [0.2, 0.25) is 5.02 Å². The van der Waals surface area contributed by atoms with Gasteiger partial charge in [-0.25, -0.2) is 0 Å². The van der Waals surface area contributed by atoms with Crippen LogP contribution in [0.15, 0.2) is 48.8 Å². The van der Waals surface area contributed by atoms with E-state index in [0.29, 0.717) is 0 Å². The monoisotopic (exact) mass is 246 g/mol. The fourth-order valence-electron chi connectivity index (χ4n) is 1.86. The van der Waals surface area contributed by atoms with E-state index in [9.17, 15) is 0 Å². The van der Waals surface area contributed by atoms with E-state index in [0.717, 1.165) is 17.9 Å². The Morgan fingerprint density at radius 1 is 1.06 bits per heavy atom. The quantitative estimate of drug-likeness (QED) is 0.901. The van der Waals surface area contributed by atoms with Gasteiger partial charge in [-0.05, 0) is 48.2 Å². The molecule has 3 heteroatoms. The van der Waals surface area contributed by atoms with Crippen LogP contribution in [-0.4, -0.2) is 11.0 Å². The van der Waals surface area contributed by atoms with Crippen molar-refractivity contribution in [1.82, 2.24) is 4.98 Å². The van der Waals surface area contributed by atoms with Crippen LogP contribution in [0, 0.1) is 0 Å². The van der Waals surface area contributed by atoms with Gasteiger partial charge in [0.2, 0.25) is 0 Å². The molecule has 0 aliphatic heterocycles. The first kappa shape index (κ1) is 12.1. The van der Waals surface area contributed by atoms with Gasteiger partial charge < -0.3 is 5.73 Å². The highest BCUT2D eigenvalue weighted by atomic mass is 35.5. The zero-order chi connectivity index (χ0) is 12.1. The molecular formula is C14H15ClN2. The number of rotatable bonds is 4. The zero-order valence-electron chi connectivity index (χ0n) is 9.51. The van der Waals surface area contributed by atoms with Crippen LogP contribution in [0.1, 0.15) is 11.1 Å². The van der Waals surface area contributed by atoms with E-state index in [1.807, 2.05) is 30.3 Å². The summed E-state index contributed by atoms with van der Waals surface area (Å²) in [6.45, 7) is 0. The Balaban J connectivity index is 1.96. The van der Waals surface area contributed by atoms with Crippen molar-refractivity contribution >= 4 is 11.6 Å². The molecule has 1 heterocycles. The lowest BCUT2D eigenvalue weighted by atomic mass is 10.0. The summed E-state index contributed by atoms with van der Waals surface area (Å²) in [4.78, 5) is 3.99. The van der Waals surface area contributed by atoms with Crippen molar-refractivity contribution in [1.29, 1.82) is 0 Å². The molecule has 0 radical (unpaired) electrons. The van der Waals surface area contributed by atoms with E-state index in [1.165, 1.54) is 11.1 Å². The number of benzene rings is 1. The zero-order valence-corrected chi connectivity index (χ0v) is 10.3. The number of hydrogen-bond acceptors (Lipinski definition) is 2. The molecule has 0 saturated heterocycles. The van der Waals surface area contributed by atoms with E-state index in [1.54, 1.807) is 12.4 Å². The van der Waals surface area contributed by atoms with Crippen LogP contribution in [-0.2, 0) is 12.8 Å². The number of nitrogens with zero attached hydrogens (tertiary/aromatic N) is 1. The molecule has 1 aromatic carbocycles. The third kappa shape index (κ3) is 3.84. The van der Waals surface area contributed by atoms with Crippen LogP contribution in [0.3, 0.4) is 0 Å². The molecule has 2 aromatic rings. The summed E-state index contributed by atoms with van der Waals surface area (Å²) >= 11 is 5.94. The molecule has 17 heavy (non-hydrogen) atoms. The Morgan fingerprint density at radius 3 is 2.47 bits per heavy atom. The second-order valence-corrected chi connectivity index (χ2v) is 4.59. The fourth-order valence-corrected chi connectivity index (χ4v) is 2.07. The fraction of sp³-hybridized carbons (Fsp3) is 0.214. The van der Waals surface area contributed by atoms with Gasteiger partial charge in [0.15, 0.2) is 0 Å². The molecule has 1 atom stereocenters. The molecular weight excluding hydrogens is 232 g/mol. The predicted octanol–water partition coefficient (Wildman–Crippen LogP) is 2.85. The van der Waals surface area contributed by atoms with E-state index in [4.69, 9.17) is 17.3 Å². The molecule has 2 nitrogen and oxygen atoms in total. The molecule has 2 rings (SSSR count). The number of halogens is 1. The molecule has 1 aromatic heterocycles. The first-order chi connectivity index (χ1) is 8.24. The Hall–Kier alpha value is -1.38. The lowest BCUT2D eigenvalue weighted by molar-refractivity contribution is 0.664. The standard InChI is InChI=1S/C14H15ClN2/c15-13-3-1-2-12(8-13)10-14(16)9-11-4-6-17-7-5-11/h1-8,14H,9-10,16H2. The van der Waals surface area contributed by atoms with Gasteiger partial charge in [-0.1, -0.05) is 23.7 Å². The van der Waals surface area contributed by atoms with Crippen molar-refractivity contribution in [3.63, 3.8) is 0 Å². The van der Waals surface area contributed by atoms with Crippen LogP contribution in [0.4, 0.5) is 0 Å². The minimum Gasteiger partial charge on any atom is -0.327 e. The summed E-state index contributed by atoms with van der Waals surface area (Å²) in [5.41, 5.74) is 8.52. The normalized spacial score (nSPS) is 12.4. The lowest BCUT2D eigenvalue weighted by Crippen LogP contribution is -2.25. The summed E-state index contributed by atoms with van der Waals surface area (Å²) in [6.07, 6.45) is 5.28. The average Bonchev–Trinajstić information content (AvgIpc) is 2.30. The molecule has 0 fully saturated rings. The van der Waals surface area contributed by atoms with E-state index < -0.39 is 0 Å². The van der Waals surface area contributed by atoms with Gasteiger partial charge in [0.1, 0.15) is 0 Å². The minimum absolute atomic E-state index is 0.107. The maximum Gasteiger partial charge on any atom is 0.0408 e. The van der Waals surface area contributed by atoms with Crippen LogP contribution < -0.4 is 5.73 Å². The van der Waals surface area contributed by atoms with Gasteiger partial charge in [-0.15, -0.1) is 0 Å². The Morgan fingerprint density at radius 2 is 1.76 bits per heavy atom. The number of hydrogen-bond donors (Lipinski definition) is 1. The Bertz CT molecular complexity index is 471. The smallest absolute Gasteiger partial charge is 0.0408 e. The van der Waals surface area contributed by atoms with E-state index in [-0.39, 0.29) is 6.04 Å². The predicted molar refractivity (Wildman–Crippen MR) is 71.1 cm³/mol. The first-order valence-corrected chi connectivity index (χ1v) is 6.01. The third-order valence-electron chi connectivity index (χ3n) is 2.63. The van der Waals surface area contributed by atoms with E-state index in [2.05, 4.69) is 11.1 Å². The molecule has 0 saturated carbocycles. The van der Waals surface area contributed by atoms with Gasteiger partial charge in [0.25, 0.3) is 0 Å². The highest BCUT2D eigenvalue weighted by molar-refractivity contribution is 6.30. The highest BCUT2D eigenvalue weighted by Gasteiger charge is 2.05.